The number of aryl methyl sites for hydroxylation is 1. The zero-order valence-electron chi connectivity index (χ0n) is 8.20. The molecule has 2 N–H and O–H groups in total. The van der Waals surface area contributed by atoms with E-state index in [0.717, 1.165) is 16.3 Å². The van der Waals surface area contributed by atoms with Crippen LogP contribution < -0.4 is 0 Å². The van der Waals surface area contributed by atoms with Gasteiger partial charge in [-0.25, -0.2) is 4.98 Å². The molecule has 2 heterocycles. The number of nitrogens with one attached hydrogen (secondary N) is 1. The maximum atomic E-state index is 9.95. The third-order valence-electron chi connectivity index (χ3n) is 2.17. The SMILES string of the molecule is Cc1csc(C(O)Cc2ncc[nH]2)c1Cl. The molecule has 2 aromatic rings. The molecule has 0 fully saturated rings. The number of thiophene rings is 1. The Bertz CT molecular complexity index is 438. The zero-order chi connectivity index (χ0) is 10.8. The molecule has 0 spiro atoms. The van der Waals surface area contributed by atoms with Crippen molar-refractivity contribution in [1.82, 2.24) is 9.97 Å². The third kappa shape index (κ3) is 2.22. The van der Waals surface area contributed by atoms with Gasteiger partial charge in [0.15, 0.2) is 0 Å². The monoisotopic (exact) mass is 242 g/mol. The molecular formula is C10H11ClN2OS. The minimum absolute atomic E-state index is 0.465. The molecule has 2 aromatic heterocycles. The molecule has 80 valence electrons. The molecule has 0 radical (unpaired) electrons. The van der Waals surface area contributed by atoms with E-state index < -0.39 is 6.10 Å². The standard InChI is InChI=1S/C10H11ClN2OS/c1-6-5-15-10(9(6)11)7(14)4-8-12-2-3-13-8/h2-3,5,7,14H,4H2,1H3,(H,12,13). The molecule has 0 amide bonds. The first-order chi connectivity index (χ1) is 7.18. The predicted molar refractivity (Wildman–Crippen MR) is 61.3 cm³/mol. The number of aliphatic hydroxyl groups is 1. The number of aromatic nitrogens is 2. The number of halogens is 1. The summed E-state index contributed by atoms with van der Waals surface area (Å²) in [5.74, 6) is 0.768. The van der Waals surface area contributed by atoms with Gasteiger partial charge in [0.1, 0.15) is 5.82 Å². The normalized spacial score (nSPS) is 13.0. The van der Waals surface area contributed by atoms with Gasteiger partial charge in [-0.1, -0.05) is 11.6 Å². The number of aliphatic hydroxyl groups excluding tert-OH is 1. The van der Waals surface area contributed by atoms with Crippen molar-refractivity contribution in [2.75, 3.05) is 0 Å². The van der Waals surface area contributed by atoms with E-state index in [1.54, 1.807) is 12.4 Å². The van der Waals surface area contributed by atoms with E-state index in [9.17, 15) is 5.11 Å². The summed E-state index contributed by atoms with van der Waals surface area (Å²) in [6.07, 6.45) is 3.29. The first-order valence-electron chi connectivity index (χ1n) is 4.58. The molecule has 0 aliphatic carbocycles. The van der Waals surface area contributed by atoms with Crippen LogP contribution in [0, 0.1) is 6.92 Å². The average Bonchev–Trinajstić information content (AvgIpc) is 2.79. The van der Waals surface area contributed by atoms with Gasteiger partial charge in [-0.3, -0.25) is 0 Å². The Morgan fingerprint density at radius 1 is 1.67 bits per heavy atom. The molecule has 0 bridgehead atoms. The second kappa shape index (κ2) is 4.35. The first kappa shape index (κ1) is 10.7. The topological polar surface area (TPSA) is 48.9 Å². The average molecular weight is 243 g/mol. The smallest absolute Gasteiger partial charge is 0.108 e. The van der Waals surface area contributed by atoms with Crippen LogP contribution in [0.3, 0.4) is 0 Å². The molecule has 1 unspecified atom stereocenters. The third-order valence-corrected chi connectivity index (χ3v) is 3.98. The fraction of sp³-hybridized carbons (Fsp3) is 0.300. The van der Waals surface area contributed by atoms with Gasteiger partial charge in [0, 0.05) is 18.8 Å². The van der Waals surface area contributed by atoms with Gasteiger partial charge in [-0.05, 0) is 17.9 Å². The molecule has 0 aliphatic heterocycles. The maximum Gasteiger partial charge on any atom is 0.108 e. The number of imidazole rings is 1. The Morgan fingerprint density at radius 2 is 2.47 bits per heavy atom. The van der Waals surface area contributed by atoms with E-state index in [1.165, 1.54) is 11.3 Å². The van der Waals surface area contributed by atoms with Crippen LogP contribution in [0.5, 0.6) is 0 Å². The van der Waals surface area contributed by atoms with Crippen molar-refractivity contribution in [3.8, 4) is 0 Å². The van der Waals surface area contributed by atoms with Gasteiger partial charge in [-0.2, -0.15) is 0 Å². The summed E-state index contributed by atoms with van der Waals surface area (Å²) in [7, 11) is 0. The van der Waals surface area contributed by atoms with Gasteiger partial charge in [-0.15, -0.1) is 11.3 Å². The number of aromatic amines is 1. The van der Waals surface area contributed by atoms with Gasteiger partial charge >= 0.3 is 0 Å². The largest absolute Gasteiger partial charge is 0.387 e. The van der Waals surface area contributed by atoms with E-state index in [0.29, 0.717) is 11.4 Å². The Balaban J connectivity index is 2.14. The highest BCUT2D eigenvalue weighted by atomic mass is 35.5. The summed E-state index contributed by atoms with van der Waals surface area (Å²) in [4.78, 5) is 7.83. The van der Waals surface area contributed by atoms with E-state index in [2.05, 4.69) is 9.97 Å². The van der Waals surface area contributed by atoms with Crippen molar-refractivity contribution in [1.29, 1.82) is 0 Å². The highest BCUT2D eigenvalue weighted by Gasteiger charge is 2.16. The lowest BCUT2D eigenvalue weighted by molar-refractivity contribution is 0.180. The molecule has 1 atom stereocenters. The van der Waals surface area contributed by atoms with Crippen LogP contribution in [0.25, 0.3) is 0 Å². The van der Waals surface area contributed by atoms with Crippen LogP contribution in [-0.2, 0) is 6.42 Å². The second-order valence-corrected chi connectivity index (χ2v) is 4.64. The van der Waals surface area contributed by atoms with Crippen LogP contribution in [0.15, 0.2) is 17.8 Å². The van der Waals surface area contributed by atoms with Crippen LogP contribution in [0.2, 0.25) is 5.02 Å². The molecule has 15 heavy (non-hydrogen) atoms. The number of hydrogen-bond acceptors (Lipinski definition) is 3. The van der Waals surface area contributed by atoms with Crippen molar-refractivity contribution >= 4 is 22.9 Å². The van der Waals surface area contributed by atoms with E-state index in [1.807, 2.05) is 12.3 Å². The van der Waals surface area contributed by atoms with E-state index in [-0.39, 0.29) is 0 Å². The summed E-state index contributed by atoms with van der Waals surface area (Å²) < 4.78 is 0. The second-order valence-electron chi connectivity index (χ2n) is 3.35. The highest BCUT2D eigenvalue weighted by Crippen LogP contribution is 2.33. The molecule has 0 saturated heterocycles. The lowest BCUT2D eigenvalue weighted by Crippen LogP contribution is -2.01. The van der Waals surface area contributed by atoms with Crippen molar-refractivity contribution in [2.24, 2.45) is 0 Å². The predicted octanol–water partition coefficient (Wildman–Crippen LogP) is 2.71. The molecule has 0 aliphatic rings. The fourth-order valence-electron chi connectivity index (χ4n) is 1.36. The summed E-state index contributed by atoms with van der Waals surface area (Å²) in [5.41, 5.74) is 1.01. The molecular weight excluding hydrogens is 232 g/mol. The molecule has 3 nitrogen and oxygen atoms in total. The van der Waals surface area contributed by atoms with Crippen LogP contribution >= 0.6 is 22.9 Å². The van der Waals surface area contributed by atoms with E-state index >= 15 is 0 Å². The molecule has 0 aromatic carbocycles. The fourth-order valence-corrected chi connectivity index (χ4v) is 2.67. The molecule has 0 saturated carbocycles. The number of hydrogen-bond donors (Lipinski definition) is 2. The summed E-state index contributed by atoms with van der Waals surface area (Å²) in [6, 6.07) is 0. The Kier molecular flexibility index (Phi) is 3.09. The lowest BCUT2D eigenvalue weighted by atomic mass is 10.2. The van der Waals surface area contributed by atoms with Gasteiger partial charge in [0.05, 0.1) is 16.0 Å². The zero-order valence-corrected chi connectivity index (χ0v) is 9.77. The van der Waals surface area contributed by atoms with Crippen LogP contribution in [0.4, 0.5) is 0 Å². The summed E-state index contributed by atoms with van der Waals surface area (Å²) in [5, 5.41) is 12.6. The first-order valence-corrected chi connectivity index (χ1v) is 5.84. The van der Waals surface area contributed by atoms with Gasteiger partial charge < -0.3 is 10.1 Å². The van der Waals surface area contributed by atoms with E-state index in [4.69, 9.17) is 11.6 Å². The highest BCUT2D eigenvalue weighted by molar-refractivity contribution is 7.10. The van der Waals surface area contributed by atoms with Crippen molar-refractivity contribution in [2.45, 2.75) is 19.4 Å². The molecule has 2 rings (SSSR count). The van der Waals surface area contributed by atoms with Crippen LogP contribution in [0.1, 0.15) is 22.4 Å². The van der Waals surface area contributed by atoms with Crippen molar-refractivity contribution in [3.05, 3.63) is 39.1 Å². The Labute approximate surface area is 96.7 Å². The number of rotatable bonds is 3. The quantitative estimate of drug-likeness (QED) is 0.870. The van der Waals surface area contributed by atoms with Gasteiger partial charge in [0.25, 0.3) is 0 Å². The lowest BCUT2D eigenvalue weighted by Gasteiger charge is -2.07. The van der Waals surface area contributed by atoms with Crippen molar-refractivity contribution in [3.63, 3.8) is 0 Å². The van der Waals surface area contributed by atoms with Crippen molar-refractivity contribution < 1.29 is 5.11 Å². The summed E-state index contributed by atoms with van der Waals surface area (Å²) >= 11 is 7.55. The maximum absolute atomic E-state index is 9.95. The minimum Gasteiger partial charge on any atom is -0.387 e. The Hall–Kier alpha value is -0.840. The number of nitrogens with zero attached hydrogens (tertiary/aromatic N) is 1. The van der Waals surface area contributed by atoms with Crippen LogP contribution in [-0.4, -0.2) is 15.1 Å². The Morgan fingerprint density at radius 3 is 3.00 bits per heavy atom. The summed E-state index contributed by atoms with van der Waals surface area (Å²) in [6.45, 7) is 1.93. The minimum atomic E-state index is -0.581. The molecule has 5 heteroatoms. The van der Waals surface area contributed by atoms with Gasteiger partial charge in [0.2, 0.25) is 0 Å². The number of H-pyrrole nitrogens is 1.